The molecule has 3 fully saturated rings. The van der Waals surface area contributed by atoms with Crippen LogP contribution in [0.2, 0.25) is 0 Å². The van der Waals surface area contributed by atoms with E-state index in [1.807, 2.05) is 6.92 Å². The lowest BCUT2D eigenvalue weighted by atomic mass is 9.45. The van der Waals surface area contributed by atoms with Crippen molar-refractivity contribution >= 4 is 5.78 Å². The van der Waals surface area contributed by atoms with Gasteiger partial charge in [0.1, 0.15) is 0 Å². The van der Waals surface area contributed by atoms with E-state index in [1.165, 1.54) is 25.7 Å². The van der Waals surface area contributed by atoms with Gasteiger partial charge in [-0.15, -0.1) is 0 Å². The van der Waals surface area contributed by atoms with Crippen LogP contribution in [-0.4, -0.2) is 21.8 Å². The van der Waals surface area contributed by atoms with Gasteiger partial charge in [0.15, 0.2) is 11.6 Å². The summed E-state index contributed by atoms with van der Waals surface area (Å²) in [6, 6.07) is 0. The summed E-state index contributed by atoms with van der Waals surface area (Å²) < 4.78 is 0. The molecule has 3 heteroatoms. The van der Waals surface area contributed by atoms with Gasteiger partial charge >= 0.3 is 0 Å². The molecule has 134 valence electrons. The summed E-state index contributed by atoms with van der Waals surface area (Å²) >= 11 is 0. The molecule has 0 spiro atoms. The Labute approximate surface area is 145 Å². The lowest BCUT2D eigenvalue weighted by molar-refractivity contribution is -0.263. The molecule has 0 radical (unpaired) electrons. The molecule has 0 aromatic rings. The zero-order chi connectivity index (χ0) is 17.3. The Balaban J connectivity index is 1.73. The second-order valence-corrected chi connectivity index (χ2v) is 9.47. The minimum atomic E-state index is -1.88. The van der Waals surface area contributed by atoms with Gasteiger partial charge in [-0.05, 0) is 73.7 Å². The van der Waals surface area contributed by atoms with Crippen molar-refractivity contribution in [2.24, 2.45) is 34.5 Å². The van der Waals surface area contributed by atoms with Crippen molar-refractivity contribution in [1.29, 1.82) is 0 Å². The fourth-order valence-corrected chi connectivity index (χ4v) is 7.45. The van der Waals surface area contributed by atoms with E-state index in [0.29, 0.717) is 23.2 Å². The predicted octanol–water partition coefficient (Wildman–Crippen LogP) is 3.84. The largest absolute Gasteiger partial charge is 0.365 e. The molecular formula is C21H32O3. The Bertz CT molecular complexity index is 592. The van der Waals surface area contributed by atoms with Crippen LogP contribution in [0.15, 0.2) is 11.6 Å². The first-order chi connectivity index (χ1) is 11.2. The van der Waals surface area contributed by atoms with Gasteiger partial charge in [-0.2, -0.15) is 0 Å². The SMILES string of the molecule is CC[C@H]1CC[C@H]2[C@@H]3CCC4=CC(=O)CC(O)(O)[C@]4(C)[C@H]3CC[C@]12C. The number of fused-ring (bicyclic) bond motifs is 5. The molecule has 4 aliphatic rings. The predicted molar refractivity (Wildman–Crippen MR) is 93.0 cm³/mol. The lowest BCUT2D eigenvalue weighted by Gasteiger charge is -2.61. The fraction of sp³-hybridized carbons (Fsp3) is 0.857. The van der Waals surface area contributed by atoms with Crippen molar-refractivity contribution < 1.29 is 15.0 Å². The zero-order valence-corrected chi connectivity index (χ0v) is 15.3. The van der Waals surface area contributed by atoms with Crippen LogP contribution in [0.25, 0.3) is 0 Å². The van der Waals surface area contributed by atoms with Crippen molar-refractivity contribution in [3.05, 3.63) is 11.6 Å². The maximum absolute atomic E-state index is 12.0. The first kappa shape index (κ1) is 16.8. The highest BCUT2D eigenvalue weighted by molar-refractivity contribution is 5.92. The maximum atomic E-state index is 12.0. The lowest BCUT2D eigenvalue weighted by Crippen LogP contribution is -2.61. The number of carbonyl (C=O) groups excluding carboxylic acids is 1. The monoisotopic (exact) mass is 332 g/mol. The van der Waals surface area contributed by atoms with Crippen molar-refractivity contribution in [2.75, 3.05) is 0 Å². The molecule has 3 nitrogen and oxygen atoms in total. The summed E-state index contributed by atoms with van der Waals surface area (Å²) in [5.74, 6) is 0.415. The van der Waals surface area contributed by atoms with Crippen LogP contribution < -0.4 is 0 Å². The molecule has 0 saturated heterocycles. The minimum Gasteiger partial charge on any atom is -0.365 e. The van der Waals surface area contributed by atoms with E-state index in [2.05, 4.69) is 13.8 Å². The van der Waals surface area contributed by atoms with Gasteiger partial charge in [0, 0.05) is 5.41 Å². The summed E-state index contributed by atoms with van der Waals surface area (Å²) in [6.07, 6.45) is 9.74. The van der Waals surface area contributed by atoms with Gasteiger partial charge in [-0.1, -0.05) is 32.8 Å². The normalized spacial score (nSPS) is 49.9. The number of ketones is 1. The zero-order valence-electron chi connectivity index (χ0n) is 15.3. The van der Waals surface area contributed by atoms with Gasteiger partial charge in [0.2, 0.25) is 0 Å². The third-order valence-electron chi connectivity index (χ3n) is 8.87. The summed E-state index contributed by atoms with van der Waals surface area (Å²) in [6.45, 7) is 6.85. The molecule has 0 aromatic heterocycles. The standard InChI is InChI=1S/C21H32O3/c1-4-13-6-8-17-16-7-5-14-11-15(22)12-21(23,24)20(14,3)18(16)9-10-19(13,17)2/h11,13,16-18,23-24H,4-10,12H2,1-3H3/t13-,16-,17-,18-,19+,20-/m0/s1. The molecule has 0 bridgehead atoms. The van der Waals surface area contributed by atoms with E-state index < -0.39 is 11.2 Å². The molecule has 0 aromatic carbocycles. The first-order valence-electron chi connectivity index (χ1n) is 9.92. The molecule has 0 aliphatic heterocycles. The highest BCUT2D eigenvalue weighted by Gasteiger charge is 2.64. The van der Waals surface area contributed by atoms with E-state index >= 15 is 0 Å². The highest BCUT2D eigenvalue weighted by Crippen LogP contribution is 2.68. The van der Waals surface area contributed by atoms with E-state index in [9.17, 15) is 15.0 Å². The number of hydrogen-bond acceptors (Lipinski definition) is 3. The Morgan fingerprint density at radius 3 is 2.58 bits per heavy atom. The first-order valence-corrected chi connectivity index (χ1v) is 9.92. The van der Waals surface area contributed by atoms with Gasteiger partial charge in [0.25, 0.3) is 0 Å². The third-order valence-corrected chi connectivity index (χ3v) is 8.87. The van der Waals surface area contributed by atoms with E-state index in [1.54, 1.807) is 6.08 Å². The van der Waals surface area contributed by atoms with Gasteiger partial charge in [-0.25, -0.2) is 0 Å². The number of rotatable bonds is 1. The van der Waals surface area contributed by atoms with Crippen LogP contribution in [0.4, 0.5) is 0 Å². The van der Waals surface area contributed by atoms with Gasteiger partial charge in [0.05, 0.1) is 6.42 Å². The van der Waals surface area contributed by atoms with Gasteiger partial charge < -0.3 is 10.2 Å². The smallest absolute Gasteiger partial charge is 0.179 e. The third kappa shape index (κ3) is 1.94. The van der Waals surface area contributed by atoms with Crippen LogP contribution in [0.1, 0.15) is 72.1 Å². The number of carbonyl (C=O) groups is 1. The summed E-state index contributed by atoms with van der Waals surface area (Å²) in [5, 5.41) is 21.7. The topological polar surface area (TPSA) is 57.5 Å². The maximum Gasteiger partial charge on any atom is 0.179 e. The highest BCUT2D eigenvalue weighted by atomic mass is 16.5. The van der Waals surface area contributed by atoms with Gasteiger partial charge in [-0.3, -0.25) is 4.79 Å². The Morgan fingerprint density at radius 1 is 1.12 bits per heavy atom. The molecule has 4 aliphatic carbocycles. The van der Waals surface area contributed by atoms with Crippen LogP contribution >= 0.6 is 0 Å². The minimum absolute atomic E-state index is 0.126. The molecular weight excluding hydrogens is 300 g/mol. The van der Waals surface area contributed by atoms with Crippen molar-refractivity contribution in [3.8, 4) is 0 Å². The number of aliphatic hydroxyl groups is 2. The average molecular weight is 332 g/mol. The van der Waals surface area contributed by atoms with Crippen molar-refractivity contribution in [3.63, 3.8) is 0 Å². The second-order valence-electron chi connectivity index (χ2n) is 9.47. The molecule has 0 unspecified atom stereocenters. The Hall–Kier alpha value is -0.670. The number of hydrogen-bond donors (Lipinski definition) is 2. The quantitative estimate of drug-likeness (QED) is 0.717. The van der Waals surface area contributed by atoms with Crippen LogP contribution in [0.5, 0.6) is 0 Å². The van der Waals surface area contributed by atoms with Crippen molar-refractivity contribution in [1.82, 2.24) is 0 Å². The second kappa shape index (κ2) is 5.17. The van der Waals surface area contributed by atoms with E-state index in [4.69, 9.17) is 0 Å². The Kier molecular flexibility index (Phi) is 3.61. The average Bonchev–Trinajstić information content (AvgIpc) is 2.84. The van der Waals surface area contributed by atoms with E-state index in [-0.39, 0.29) is 12.2 Å². The molecule has 2 N–H and O–H groups in total. The molecule has 24 heavy (non-hydrogen) atoms. The summed E-state index contributed by atoms with van der Waals surface area (Å²) in [7, 11) is 0. The molecule has 4 rings (SSSR count). The molecule has 0 heterocycles. The van der Waals surface area contributed by atoms with Crippen LogP contribution in [-0.2, 0) is 4.79 Å². The fourth-order valence-electron chi connectivity index (χ4n) is 7.45. The van der Waals surface area contributed by atoms with Crippen LogP contribution in [0, 0.1) is 34.5 Å². The van der Waals surface area contributed by atoms with Crippen LogP contribution in [0.3, 0.4) is 0 Å². The Morgan fingerprint density at radius 2 is 1.88 bits per heavy atom. The summed E-state index contributed by atoms with van der Waals surface area (Å²) in [5.41, 5.74) is 0.791. The summed E-state index contributed by atoms with van der Waals surface area (Å²) in [4.78, 5) is 12.0. The molecule has 6 atom stereocenters. The molecule has 0 amide bonds. The molecule has 3 saturated carbocycles. The van der Waals surface area contributed by atoms with Crippen molar-refractivity contribution in [2.45, 2.75) is 77.9 Å². The van der Waals surface area contributed by atoms with E-state index in [0.717, 1.165) is 30.8 Å².